The van der Waals surface area contributed by atoms with Crippen molar-refractivity contribution in [2.75, 3.05) is 39.3 Å². The number of urea groups is 1. The molecule has 8 nitrogen and oxygen atoms in total. The highest BCUT2D eigenvalue weighted by atomic mass is 32.2. The molecule has 0 aromatic heterocycles. The van der Waals surface area contributed by atoms with Crippen LogP contribution in [0.15, 0.2) is 35.7 Å². The van der Waals surface area contributed by atoms with Gasteiger partial charge in [0, 0.05) is 44.7 Å². The Morgan fingerprint density at radius 3 is 2.37 bits per heavy atom. The van der Waals surface area contributed by atoms with Crippen LogP contribution in [0.4, 0.5) is 4.79 Å². The van der Waals surface area contributed by atoms with Gasteiger partial charge in [-0.05, 0) is 18.6 Å². The minimum absolute atomic E-state index is 0.245. The largest absolute Gasteiger partial charge is 0.336 e. The second-order valence-electron chi connectivity index (χ2n) is 6.59. The van der Waals surface area contributed by atoms with E-state index in [-0.39, 0.29) is 11.9 Å². The second kappa shape index (κ2) is 8.20. The molecule has 0 unspecified atom stereocenters. The summed E-state index contributed by atoms with van der Waals surface area (Å²) in [5.41, 5.74) is 0.822. The molecule has 0 saturated carbocycles. The molecular weight excluding hydrogens is 368 g/mol. The van der Waals surface area contributed by atoms with Gasteiger partial charge in [-0.25, -0.2) is 13.2 Å². The van der Waals surface area contributed by atoms with Crippen LogP contribution in [0.5, 0.6) is 0 Å². The van der Waals surface area contributed by atoms with Gasteiger partial charge in [-0.3, -0.25) is 14.6 Å². The third-order valence-electron chi connectivity index (χ3n) is 4.89. The molecule has 1 N–H and O–H groups in total. The molecule has 2 saturated heterocycles. The minimum Gasteiger partial charge on any atom is -0.336 e. The monoisotopic (exact) mass is 392 g/mol. The quantitative estimate of drug-likeness (QED) is 0.790. The highest BCUT2D eigenvalue weighted by Gasteiger charge is 2.35. The molecule has 1 aromatic rings. The van der Waals surface area contributed by atoms with Crippen molar-refractivity contribution in [3.8, 4) is 0 Å². The number of imide groups is 1. The Kier molecular flexibility index (Phi) is 5.93. The first-order valence-corrected chi connectivity index (χ1v) is 10.5. The average Bonchev–Trinajstić information content (AvgIpc) is 3.12. The fourth-order valence-electron chi connectivity index (χ4n) is 3.22. The summed E-state index contributed by atoms with van der Waals surface area (Å²) in [6, 6.07) is 8.43. The predicted molar refractivity (Wildman–Crippen MR) is 102 cm³/mol. The first-order valence-electron chi connectivity index (χ1n) is 8.95. The molecule has 2 aliphatic heterocycles. The lowest BCUT2D eigenvalue weighted by Gasteiger charge is -2.37. The van der Waals surface area contributed by atoms with Crippen LogP contribution in [-0.4, -0.2) is 79.8 Å². The van der Waals surface area contributed by atoms with Crippen molar-refractivity contribution in [3.63, 3.8) is 0 Å². The molecule has 3 amide bonds. The SMILES string of the molecule is C[C@@H](C(=O)N1CCNC1=O)N1CCN(S(=O)(=O)/C=C/c2ccccc2)CC1. The smallest absolute Gasteiger partial charge is 0.324 e. The van der Waals surface area contributed by atoms with Crippen molar-refractivity contribution in [2.24, 2.45) is 0 Å². The van der Waals surface area contributed by atoms with Crippen molar-refractivity contribution >= 4 is 28.0 Å². The maximum atomic E-state index is 12.5. The van der Waals surface area contributed by atoms with Crippen LogP contribution in [0, 0.1) is 0 Å². The summed E-state index contributed by atoms with van der Waals surface area (Å²) in [5.74, 6) is -0.245. The zero-order chi connectivity index (χ0) is 19.4. The third kappa shape index (κ3) is 4.55. The lowest BCUT2D eigenvalue weighted by Crippen LogP contribution is -2.55. The number of nitrogens with one attached hydrogen (secondary N) is 1. The van der Waals surface area contributed by atoms with Gasteiger partial charge < -0.3 is 5.32 Å². The van der Waals surface area contributed by atoms with E-state index < -0.39 is 16.1 Å². The maximum absolute atomic E-state index is 12.5. The lowest BCUT2D eigenvalue weighted by molar-refractivity contribution is -0.133. The van der Waals surface area contributed by atoms with Crippen LogP contribution in [0.2, 0.25) is 0 Å². The van der Waals surface area contributed by atoms with Crippen LogP contribution < -0.4 is 5.32 Å². The molecule has 0 spiro atoms. The van der Waals surface area contributed by atoms with Crippen molar-refractivity contribution in [2.45, 2.75) is 13.0 Å². The molecule has 0 bridgehead atoms. The molecule has 2 fully saturated rings. The van der Waals surface area contributed by atoms with E-state index in [9.17, 15) is 18.0 Å². The molecule has 146 valence electrons. The Hall–Kier alpha value is -2.23. The van der Waals surface area contributed by atoms with Crippen LogP contribution >= 0.6 is 0 Å². The highest BCUT2D eigenvalue weighted by molar-refractivity contribution is 7.92. The van der Waals surface area contributed by atoms with Gasteiger partial charge >= 0.3 is 6.03 Å². The van der Waals surface area contributed by atoms with E-state index >= 15 is 0 Å². The summed E-state index contributed by atoms with van der Waals surface area (Å²) in [4.78, 5) is 27.3. The van der Waals surface area contributed by atoms with Gasteiger partial charge in [0.2, 0.25) is 15.9 Å². The van der Waals surface area contributed by atoms with Crippen molar-refractivity contribution in [3.05, 3.63) is 41.3 Å². The molecular formula is C18H24N4O4S. The van der Waals surface area contributed by atoms with Gasteiger partial charge in [0.25, 0.3) is 0 Å². The number of rotatable bonds is 5. The van der Waals surface area contributed by atoms with E-state index in [1.165, 1.54) is 14.6 Å². The van der Waals surface area contributed by atoms with Gasteiger partial charge in [0.15, 0.2) is 0 Å². The molecule has 0 radical (unpaired) electrons. The third-order valence-corrected chi connectivity index (χ3v) is 6.46. The highest BCUT2D eigenvalue weighted by Crippen LogP contribution is 2.15. The van der Waals surface area contributed by atoms with Gasteiger partial charge in [0.05, 0.1) is 6.04 Å². The van der Waals surface area contributed by atoms with E-state index in [0.29, 0.717) is 39.3 Å². The van der Waals surface area contributed by atoms with E-state index in [4.69, 9.17) is 0 Å². The first-order chi connectivity index (χ1) is 12.9. The number of sulfonamides is 1. The zero-order valence-corrected chi connectivity index (χ0v) is 16.1. The summed E-state index contributed by atoms with van der Waals surface area (Å²) in [5, 5.41) is 3.84. The van der Waals surface area contributed by atoms with Crippen LogP contribution in [0.3, 0.4) is 0 Å². The number of benzene rings is 1. The number of amides is 3. The number of carbonyl (C=O) groups is 2. The number of carbonyl (C=O) groups excluding carboxylic acids is 2. The average molecular weight is 392 g/mol. The normalized spacial score (nSPS) is 20.8. The Labute approximate surface area is 159 Å². The van der Waals surface area contributed by atoms with E-state index in [0.717, 1.165) is 5.56 Å². The maximum Gasteiger partial charge on any atom is 0.324 e. The molecule has 1 atom stereocenters. The van der Waals surface area contributed by atoms with Gasteiger partial charge in [-0.2, -0.15) is 4.31 Å². The molecule has 3 rings (SSSR count). The fraction of sp³-hybridized carbons (Fsp3) is 0.444. The molecule has 2 heterocycles. The topological polar surface area (TPSA) is 90.0 Å². The summed E-state index contributed by atoms with van der Waals surface area (Å²) in [7, 11) is -3.51. The van der Waals surface area contributed by atoms with Crippen LogP contribution in [-0.2, 0) is 14.8 Å². The standard InChI is InChI=1S/C18H24N4O4S/c1-15(17(23)22-9-8-19-18(22)24)20-10-12-21(13-11-20)27(25,26)14-7-16-5-3-2-4-6-16/h2-7,14-15H,8-13H2,1H3,(H,19,24)/b14-7+/t15-/m0/s1. The summed E-state index contributed by atoms with van der Waals surface area (Å²) in [6.07, 6.45) is 1.58. The van der Waals surface area contributed by atoms with Crippen LogP contribution in [0.25, 0.3) is 6.08 Å². The van der Waals surface area contributed by atoms with Crippen molar-refractivity contribution in [1.82, 2.24) is 19.4 Å². The van der Waals surface area contributed by atoms with Crippen molar-refractivity contribution < 1.29 is 18.0 Å². The number of hydrogen-bond acceptors (Lipinski definition) is 5. The summed E-state index contributed by atoms with van der Waals surface area (Å²) >= 11 is 0. The summed E-state index contributed by atoms with van der Waals surface area (Å²) in [6.45, 7) is 4.11. The Balaban J connectivity index is 1.57. The Morgan fingerprint density at radius 2 is 1.78 bits per heavy atom. The lowest BCUT2D eigenvalue weighted by atomic mass is 10.2. The fourth-order valence-corrected chi connectivity index (χ4v) is 4.40. The van der Waals surface area contributed by atoms with E-state index in [2.05, 4.69) is 5.32 Å². The molecule has 1 aromatic carbocycles. The number of hydrogen-bond donors (Lipinski definition) is 1. The van der Waals surface area contributed by atoms with Gasteiger partial charge in [-0.1, -0.05) is 30.3 Å². The molecule has 0 aliphatic carbocycles. The van der Waals surface area contributed by atoms with E-state index in [1.54, 1.807) is 13.0 Å². The predicted octanol–water partition coefficient (Wildman–Crippen LogP) is 0.545. The zero-order valence-electron chi connectivity index (χ0n) is 15.2. The molecule has 9 heteroatoms. The van der Waals surface area contributed by atoms with Gasteiger partial charge in [-0.15, -0.1) is 0 Å². The minimum atomic E-state index is -3.51. The number of nitrogens with zero attached hydrogens (tertiary/aromatic N) is 3. The first kappa shape index (κ1) is 19.5. The van der Waals surface area contributed by atoms with Crippen molar-refractivity contribution in [1.29, 1.82) is 0 Å². The molecule has 27 heavy (non-hydrogen) atoms. The summed E-state index contributed by atoms with van der Waals surface area (Å²) < 4.78 is 26.4. The Morgan fingerprint density at radius 1 is 1.11 bits per heavy atom. The van der Waals surface area contributed by atoms with Gasteiger partial charge in [0.1, 0.15) is 0 Å². The second-order valence-corrected chi connectivity index (χ2v) is 8.41. The van der Waals surface area contributed by atoms with Crippen LogP contribution in [0.1, 0.15) is 12.5 Å². The van der Waals surface area contributed by atoms with E-state index in [1.807, 2.05) is 35.2 Å². The molecule has 2 aliphatic rings. The Bertz CT molecular complexity index is 817. The number of piperazine rings is 1.